The Morgan fingerprint density at radius 1 is 1.54 bits per heavy atom. The average Bonchev–Trinajstić information content (AvgIpc) is 2.53. The van der Waals surface area contributed by atoms with E-state index >= 15 is 0 Å². The molecule has 0 radical (unpaired) electrons. The number of hydrogen-bond acceptors (Lipinski definition) is 4. The van der Waals surface area contributed by atoms with Crippen LogP contribution in [0.1, 0.15) is 0 Å². The Bertz CT molecular complexity index is 295. The standard InChI is InChI=1S/C6H8N4O3/c11-5(7-3-6(12)13)4-10-2-1-8-9-10/h1-2H,3-4H2,(H,7,11)(H,12,13). The van der Waals surface area contributed by atoms with Crippen molar-refractivity contribution in [2.45, 2.75) is 6.54 Å². The number of hydrogen-bond donors (Lipinski definition) is 2. The number of carbonyl (C=O) groups is 2. The molecule has 13 heavy (non-hydrogen) atoms. The number of nitrogens with zero attached hydrogens (tertiary/aromatic N) is 3. The highest BCUT2D eigenvalue weighted by atomic mass is 16.4. The van der Waals surface area contributed by atoms with Crippen LogP contribution in [0.15, 0.2) is 12.4 Å². The van der Waals surface area contributed by atoms with Crippen LogP contribution in [0.2, 0.25) is 0 Å². The fourth-order valence-corrected chi connectivity index (χ4v) is 0.694. The molecule has 0 aromatic carbocycles. The van der Waals surface area contributed by atoms with E-state index in [4.69, 9.17) is 5.11 Å². The number of carboxylic acid groups (broad SMARTS) is 1. The van der Waals surface area contributed by atoms with E-state index in [9.17, 15) is 9.59 Å². The SMILES string of the molecule is O=C(O)CNC(=O)Cn1ccnn1. The zero-order valence-corrected chi connectivity index (χ0v) is 6.67. The molecule has 1 aromatic heterocycles. The Kier molecular flexibility index (Phi) is 2.96. The first-order valence-electron chi connectivity index (χ1n) is 3.51. The normalized spacial score (nSPS) is 9.54. The second-order valence-corrected chi connectivity index (χ2v) is 2.27. The molecule has 0 fully saturated rings. The van der Waals surface area contributed by atoms with Crippen LogP contribution >= 0.6 is 0 Å². The molecular weight excluding hydrogens is 176 g/mol. The van der Waals surface area contributed by atoms with Gasteiger partial charge in [0, 0.05) is 6.20 Å². The summed E-state index contributed by atoms with van der Waals surface area (Å²) in [6, 6.07) is 0. The smallest absolute Gasteiger partial charge is 0.322 e. The summed E-state index contributed by atoms with van der Waals surface area (Å²) in [6.07, 6.45) is 2.95. The van der Waals surface area contributed by atoms with E-state index in [0.717, 1.165) is 0 Å². The maximum atomic E-state index is 11.0. The molecule has 0 unspecified atom stereocenters. The predicted molar refractivity (Wildman–Crippen MR) is 40.7 cm³/mol. The second-order valence-electron chi connectivity index (χ2n) is 2.27. The quantitative estimate of drug-likeness (QED) is 0.592. The van der Waals surface area contributed by atoms with E-state index in [-0.39, 0.29) is 13.1 Å². The number of rotatable bonds is 4. The molecule has 7 heteroatoms. The summed E-state index contributed by atoms with van der Waals surface area (Å²) in [5, 5.41) is 17.5. The Balaban J connectivity index is 2.30. The molecule has 1 amide bonds. The van der Waals surface area contributed by atoms with Crippen molar-refractivity contribution < 1.29 is 14.7 Å². The van der Waals surface area contributed by atoms with Crippen molar-refractivity contribution >= 4 is 11.9 Å². The molecule has 1 heterocycles. The topological polar surface area (TPSA) is 97.1 Å². The molecule has 0 atom stereocenters. The maximum Gasteiger partial charge on any atom is 0.322 e. The summed E-state index contributed by atoms with van der Waals surface area (Å²) in [4.78, 5) is 21.0. The van der Waals surface area contributed by atoms with Gasteiger partial charge in [-0.15, -0.1) is 5.10 Å². The molecule has 0 saturated heterocycles. The highest BCUT2D eigenvalue weighted by molar-refractivity contribution is 5.80. The predicted octanol–water partition coefficient (Wildman–Crippen LogP) is -1.52. The molecule has 7 nitrogen and oxygen atoms in total. The summed E-state index contributed by atoms with van der Waals surface area (Å²) in [7, 11) is 0. The molecule has 2 N–H and O–H groups in total. The van der Waals surface area contributed by atoms with E-state index in [1.54, 1.807) is 0 Å². The van der Waals surface area contributed by atoms with Crippen LogP contribution in [-0.4, -0.2) is 38.5 Å². The van der Waals surface area contributed by atoms with Crippen LogP contribution in [0.4, 0.5) is 0 Å². The van der Waals surface area contributed by atoms with Crippen LogP contribution in [-0.2, 0) is 16.1 Å². The number of aromatic nitrogens is 3. The summed E-state index contributed by atoms with van der Waals surface area (Å²) in [5.41, 5.74) is 0. The fraction of sp³-hybridized carbons (Fsp3) is 0.333. The van der Waals surface area contributed by atoms with Gasteiger partial charge in [-0.05, 0) is 0 Å². The number of carboxylic acids is 1. The van der Waals surface area contributed by atoms with Crippen molar-refractivity contribution in [2.24, 2.45) is 0 Å². The zero-order chi connectivity index (χ0) is 9.68. The molecule has 0 bridgehead atoms. The van der Waals surface area contributed by atoms with Gasteiger partial charge >= 0.3 is 5.97 Å². The van der Waals surface area contributed by atoms with Crippen LogP contribution in [0.5, 0.6) is 0 Å². The van der Waals surface area contributed by atoms with Crippen molar-refractivity contribution in [1.82, 2.24) is 20.3 Å². The maximum absolute atomic E-state index is 11.0. The third kappa shape index (κ3) is 3.32. The lowest BCUT2D eigenvalue weighted by molar-refractivity contribution is -0.138. The van der Waals surface area contributed by atoms with Gasteiger partial charge in [-0.25, -0.2) is 4.68 Å². The van der Waals surface area contributed by atoms with Gasteiger partial charge in [-0.2, -0.15) is 0 Å². The number of carbonyl (C=O) groups excluding carboxylic acids is 1. The molecule has 0 spiro atoms. The Morgan fingerprint density at radius 2 is 2.31 bits per heavy atom. The van der Waals surface area contributed by atoms with Crippen molar-refractivity contribution in [1.29, 1.82) is 0 Å². The highest BCUT2D eigenvalue weighted by Crippen LogP contribution is 1.80. The molecule has 0 saturated carbocycles. The van der Waals surface area contributed by atoms with Gasteiger partial charge in [-0.3, -0.25) is 9.59 Å². The van der Waals surface area contributed by atoms with Gasteiger partial charge in [0.1, 0.15) is 13.1 Å². The first-order chi connectivity index (χ1) is 6.18. The summed E-state index contributed by atoms with van der Waals surface area (Å²) < 4.78 is 1.30. The van der Waals surface area contributed by atoms with Gasteiger partial charge in [0.05, 0.1) is 6.20 Å². The van der Waals surface area contributed by atoms with Crippen LogP contribution in [0.25, 0.3) is 0 Å². The monoisotopic (exact) mass is 184 g/mol. The lowest BCUT2D eigenvalue weighted by Gasteiger charge is -2.00. The molecule has 0 aliphatic rings. The van der Waals surface area contributed by atoms with E-state index < -0.39 is 11.9 Å². The van der Waals surface area contributed by atoms with Crippen molar-refractivity contribution in [3.05, 3.63) is 12.4 Å². The van der Waals surface area contributed by atoms with Crippen LogP contribution in [0.3, 0.4) is 0 Å². The van der Waals surface area contributed by atoms with E-state index in [0.29, 0.717) is 0 Å². The Hall–Kier alpha value is -1.92. The van der Waals surface area contributed by atoms with Gasteiger partial charge in [0.15, 0.2) is 0 Å². The van der Waals surface area contributed by atoms with Crippen LogP contribution in [0, 0.1) is 0 Å². The molecule has 0 aliphatic heterocycles. The lowest BCUT2D eigenvalue weighted by Crippen LogP contribution is -2.32. The molecular formula is C6H8N4O3. The minimum absolute atomic E-state index is 0.0206. The Morgan fingerprint density at radius 3 is 2.85 bits per heavy atom. The second kappa shape index (κ2) is 4.19. The lowest BCUT2D eigenvalue weighted by atomic mass is 10.5. The average molecular weight is 184 g/mol. The first-order valence-corrected chi connectivity index (χ1v) is 3.51. The highest BCUT2D eigenvalue weighted by Gasteiger charge is 2.04. The fourth-order valence-electron chi connectivity index (χ4n) is 0.694. The largest absolute Gasteiger partial charge is 0.480 e. The molecule has 0 aliphatic carbocycles. The Labute approximate surface area is 73.4 Å². The van der Waals surface area contributed by atoms with Gasteiger partial charge in [0.25, 0.3) is 0 Å². The van der Waals surface area contributed by atoms with E-state index in [1.165, 1.54) is 17.1 Å². The van der Waals surface area contributed by atoms with E-state index in [1.807, 2.05) is 0 Å². The third-order valence-corrected chi connectivity index (χ3v) is 1.21. The van der Waals surface area contributed by atoms with Gasteiger partial charge < -0.3 is 10.4 Å². The zero-order valence-electron chi connectivity index (χ0n) is 6.67. The number of aliphatic carboxylic acids is 1. The van der Waals surface area contributed by atoms with Crippen LogP contribution < -0.4 is 5.32 Å². The summed E-state index contributed by atoms with van der Waals surface area (Å²) in [5.74, 6) is -1.49. The third-order valence-electron chi connectivity index (χ3n) is 1.21. The molecule has 1 aromatic rings. The van der Waals surface area contributed by atoms with Gasteiger partial charge in [0.2, 0.25) is 5.91 Å². The number of amides is 1. The van der Waals surface area contributed by atoms with Crippen molar-refractivity contribution in [2.75, 3.05) is 6.54 Å². The van der Waals surface area contributed by atoms with Crippen molar-refractivity contribution in [3.63, 3.8) is 0 Å². The van der Waals surface area contributed by atoms with E-state index in [2.05, 4.69) is 15.6 Å². The minimum Gasteiger partial charge on any atom is -0.480 e. The molecule has 1 rings (SSSR count). The first kappa shape index (κ1) is 9.17. The van der Waals surface area contributed by atoms with Gasteiger partial charge in [-0.1, -0.05) is 5.21 Å². The van der Waals surface area contributed by atoms with Crippen molar-refractivity contribution in [3.8, 4) is 0 Å². The summed E-state index contributed by atoms with van der Waals surface area (Å²) in [6.45, 7) is -0.402. The molecule has 70 valence electrons. The number of nitrogens with one attached hydrogen (secondary N) is 1. The minimum atomic E-state index is -1.08. The summed E-state index contributed by atoms with van der Waals surface area (Å²) >= 11 is 0.